The standard InChI is InChI=1S/C15H7Cl2F3N4S/c16-8-4-7(15(18,19)20)5-9(17)13(8)24-14(22)12(10(6-21)23-24)11-2-1-3-25-11/h1-5H,22H2. The van der Waals surface area contributed by atoms with Crippen LogP contribution >= 0.6 is 34.5 Å². The molecule has 3 aromatic rings. The van der Waals surface area contributed by atoms with E-state index in [4.69, 9.17) is 28.9 Å². The molecule has 0 fully saturated rings. The molecule has 0 aliphatic rings. The zero-order valence-electron chi connectivity index (χ0n) is 12.1. The summed E-state index contributed by atoms with van der Waals surface area (Å²) in [5.74, 6) is 0.0579. The number of nitrogens with zero attached hydrogens (tertiary/aromatic N) is 3. The molecule has 0 spiro atoms. The van der Waals surface area contributed by atoms with E-state index in [9.17, 15) is 18.4 Å². The fourth-order valence-corrected chi connectivity index (χ4v) is 3.70. The van der Waals surface area contributed by atoms with Crippen molar-refractivity contribution in [1.29, 1.82) is 5.26 Å². The third-order valence-electron chi connectivity index (χ3n) is 3.35. The average molecular weight is 403 g/mol. The highest BCUT2D eigenvalue weighted by Gasteiger charge is 2.33. The quantitative estimate of drug-likeness (QED) is 0.625. The highest BCUT2D eigenvalue weighted by atomic mass is 35.5. The fourth-order valence-electron chi connectivity index (χ4n) is 2.28. The monoisotopic (exact) mass is 402 g/mol. The molecule has 0 aliphatic heterocycles. The number of hydrogen-bond acceptors (Lipinski definition) is 4. The normalized spacial score (nSPS) is 11.5. The summed E-state index contributed by atoms with van der Waals surface area (Å²) < 4.78 is 39.7. The minimum Gasteiger partial charge on any atom is -0.383 e. The van der Waals surface area contributed by atoms with Gasteiger partial charge in [0.25, 0.3) is 0 Å². The molecule has 0 saturated heterocycles. The van der Waals surface area contributed by atoms with E-state index in [1.54, 1.807) is 17.5 Å². The van der Waals surface area contributed by atoms with Crippen LogP contribution in [-0.2, 0) is 6.18 Å². The Morgan fingerprint density at radius 3 is 2.36 bits per heavy atom. The van der Waals surface area contributed by atoms with Gasteiger partial charge in [0.2, 0.25) is 0 Å². The van der Waals surface area contributed by atoms with Crippen LogP contribution in [0.25, 0.3) is 16.1 Å². The topological polar surface area (TPSA) is 67.6 Å². The van der Waals surface area contributed by atoms with Crippen molar-refractivity contribution in [3.8, 4) is 22.2 Å². The molecule has 25 heavy (non-hydrogen) atoms. The first-order chi connectivity index (χ1) is 11.7. The molecule has 3 rings (SSSR count). The van der Waals surface area contributed by atoms with Gasteiger partial charge >= 0.3 is 6.18 Å². The Labute approximate surface area is 153 Å². The number of nitrogens with two attached hydrogens (primary N) is 1. The van der Waals surface area contributed by atoms with E-state index in [2.05, 4.69) is 5.10 Å². The lowest BCUT2D eigenvalue weighted by Gasteiger charge is -2.13. The molecule has 10 heteroatoms. The van der Waals surface area contributed by atoms with Crippen LogP contribution in [0.4, 0.5) is 19.0 Å². The second-order valence-corrected chi connectivity index (χ2v) is 6.66. The molecule has 0 atom stereocenters. The molecule has 0 saturated carbocycles. The maximum Gasteiger partial charge on any atom is 0.416 e. The molecule has 2 aromatic heterocycles. The van der Waals surface area contributed by atoms with Gasteiger partial charge in [0, 0.05) is 4.88 Å². The van der Waals surface area contributed by atoms with Gasteiger partial charge in [0.05, 0.1) is 21.2 Å². The Bertz CT molecular complexity index is 965. The van der Waals surface area contributed by atoms with Gasteiger partial charge < -0.3 is 5.73 Å². The number of hydrogen-bond donors (Lipinski definition) is 1. The zero-order chi connectivity index (χ0) is 18.4. The van der Waals surface area contributed by atoms with Crippen LogP contribution in [0.1, 0.15) is 11.3 Å². The van der Waals surface area contributed by atoms with Gasteiger partial charge in [-0.05, 0) is 23.6 Å². The second kappa shape index (κ2) is 6.26. The Balaban J connectivity index is 2.24. The third-order valence-corrected chi connectivity index (χ3v) is 4.81. The molecular formula is C15H7Cl2F3N4S. The van der Waals surface area contributed by atoms with Crippen molar-refractivity contribution in [3.05, 3.63) is 50.9 Å². The van der Waals surface area contributed by atoms with Crippen molar-refractivity contribution in [1.82, 2.24) is 9.78 Å². The number of nitrogen functional groups attached to an aromatic ring is 1. The summed E-state index contributed by atoms with van der Waals surface area (Å²) in [6.07, 6.45) is -4.60. The predicted molar refractivity (Wildman–Crippen MR) is 91.0 cm³/mol. The minimum absolute atomic E-state index is 0.0202. The lowest BCUT2D eigenvalue weighted by Crippen LogP contribution is -2.08. The summed E-state index contributed by atoms with van der Waals surface area (Å²) in [7, 11) is 0. The van der Waals surface area contributed by atoms with Crippen LogP contribution in [0.3, 0.4) is 0 Å². The smallest absolute Gasteiger partial charge is 0.383 e. The van der Waals surface area contributed by atoms with Crippen LogP contribution in [0.2, 0.25) is 10.0 Å². The largest absolute Gasteiger partial charge is 0.416 e. The van der Waals surface area contributed by atoms with E-state index in [-0.39, 0.29) is 27.2 Å². The highest BCUT2D eigenvalue weighted by Crippen LogP contribution is 2.40. The molecule has 128 valence electrons. The zero-order valence-corrected chi connectivity index (χ0v) is 14.4. The van der Waals surface area contributed by atoms with Gasteiger partial charge in [0.1, 0.15) is 17.6 Å². The lowest BCUT2D eigenvalue weighted by atomic mass is 10.2. The van der Waals surface area contributed by atoms with E-state index in [0.29, 0.717) is 10.4 Å². The second-order valence-electron chi connectivity index (χ2n) is 4.90. The van der Waals surface area contributed by atoms with Crippen molar-refractivity contribution in [2.75, 3.05) is 5.73 Å². The first kappa shape index (κ1) is 17.6. The van der Waals surface area contributed by atoms with Gasteiger partial charge in [-0.1, -0.05) is 29.3 Å². The summed E-state index contributed by atoms with van der Waals surface area (Å²) in [4.78, 5) is 0.694. The molecule has 0 aliphatic carbocycles. The van der Waals surface area contributed by atoms with Crippen LogP contribution in [0, 0.1) is 11.3 Å². The van der Waals surface area contributed by atoms with Gasteiger partial charge in [0.15, 0.2) is 5.69 Å². The summed E-state index contributed by atoms with van der Waals surface area (Å²) in [5.41, 5.74) is 5.47. The number of aromatic nitrogens is 2. The van der Waals surface area contributed by atoms with E-state index in [1.807, 2.05) is 6.07 Å². The molecule has 4 nitrogen and oxygen atoms in total. The number of nitriles is 1. The molecule has 0 radical (unpaired) electrons. The number of rotatable bonds is 2. The first-order valence-corrected chi connectivity index (χ1v) is 8.26. The summed E-state index contributed by atoms with van der Waals surface area (Å²) in [5, 5.41) is 14.6. The maximum absolute atomic E-state index is 12.9. The van der Waals surface area contributed by atoms with Crippen molar-refractivity contribution >= 4 is 40.4 Å². The van der Waals surface area contributed by atoms with Crippen LogP contribution in [0.5, 0.6) is 0 Å². The molecule has 1 aromatic carbocycles. The van der Waals surface area contributed by atoms with Gasteiger partial charge in [-0.15, -0.1) is 11.3 Å². The van der Waals surface area contributed by atoms with Gasteiger partial charge in [-0.3, -0.25) is 0 Å². The van der Waals surface area contributed by atoms with Crippen molar-refractivity contribution in [2.24, 2.45) is 0 Å². The molecule has 2 N–H and O–H groups in total. The van der Waals surface area contributed by atoms with E-state index in [1.165, 1.54) is 11.3 Å². The summed E-state index contributed by atoms with van der Waals surface area (Å²) in [6.45, 7) is 0. The predicted octanol–water partition coefficient (Wildman–Crippen LogP) is 5.38. The van der Waals surface area contributed by atoms with Crippen LogP contribution in [0.15, 0.2) is 29.6 Å². The number of thiophene rings is 1. The number of alkyl halides is 3. The minimum atomic E-state index is -4.60. The molecule has 0 bridgehead atoms. The lowest BCUT2D eigenvalue weighted by molar-refractivity contribution is -0.137. The maximum atomic E-state index is 12.9. The van der Waals surface area contributed by atoms with E-state index < -0.39 is 11.7 Å². The Morgan fingerprint density at radius 1 is 1.24 bits per heavy atom. The van der Waals surface area contributed by atoms with Crippen molar-refractivity contribution in [3.63, 3.8) is 0 Å². The van der Waals surface area contributed by atoms with E-state index in [0.717, 1.165) is 16.8 Å². The SMILES string of the molecule is N#Cc1nn(-c2c(Cl)cc(C(F)(F)F)cc2Cl)c(N)c1-c1cccs1. The Morgan fingerprint density at radius 2 is 1.88 bits per heavy atom. The molecule has 0 amide bonds. The summed E-state index contributed by atoms with van der Waals surface area (Å²) in [6, 6.07) is 6.91. The fraction of sp³-hybridized carbons (Fsp3) is 0.0667. The van der Waals surface area contributed by atoms with Gasteiger partial charge in [-0.25, -0.2) is 4.68 Å². The van der Waals surface area contributed by atoms with Crippen LogP contribution in [-0.4, -0.2) is 9.78 Å². The molecule has 2 heterocycles. The number of halogens is 5. The molecule has 0 unspecified atom stereocenters. The van der Waals surface area contributed by atoms with Gasteiger partial charge in [-0.2, -0.15) is 23.5 Å². The highest BCUT2D eigenvalue weighted by molar-refractivity contribution is 7.13. The average Bonchev–Trinajstić information content (AvgIpc) is 3.14. The Hall–Kier alpha value is -2.21. The Kier molecular flexibility index (Phi) is 4.41. The van der Waals surface area contributed by atoms with Crippen molar-refractivity contribution in [2.45, 2.75) is 6.18 Å². The molecular weight excluding hydrogens is 396 g/mol. The first-order valence-electron chi connectivity index (χ1n) is 6.63. The van der Waals surface area contributed by atoms with E-state index >= 15 is 0 Å². The van der Waals surface area contributed by atoms with Crippen LogP contribution < -0.4 is 5.73 Å². The summed E-state index contributed by atoms with van der Waals surface area (Å²) >= 11 is 13.3. The van der Waals surface area contributed by atoms with Crippen molar-refractivity contribution < 1.29 is 13.2 Å². The number of anilines is 1. The third kappa shape index (κ3) is 3.06. The number of benzene rings is 1.